The van der Waals surface area contributed by atoms with Gasteiger partial charge in [0.05, 0.1) is 11.1 Å². The van der Waals surface area contributed by atoms with Crippen LogP contribution in [0.1, 0.15) is 12.5 Å². The standard InChI is InChI=1S/C19H15NO3/c1-12(21)23-18-15-9-5-8-14-10-11-20(17(14)15)19(22)16(18)13-6-3-2-4-7-13/h2-9H,10-11H2,1H3. The molecule has 4 rings (SSSR count). The first-order valence-electron chi connectivity index (χ1n) is 7.59. The second-order valence-corrected chi connectivity index (χ2v) is 5.68. The SMILES string of the molecule is CC(=O)Oc1c(-c2ccccc2)c(=O)n2c3c(cccc13)CC2. The summed E-state index contributed by atoms with van der Waals surface area (Å²) in [5.41, 5.74) is 3.11. The van der Waals surface area contributed by atoms with Crippen molar-refractivity contribution in [3.63, 3.8) is 0 Å². The second kappa shape index (κ2) is 5.09. The van der Waals surface area contributed by atoms with Crippen LogP contribution in [0, 0.1) is 0 Å². The number of para-hydroxylation sites is 1. The van der Waals surface area contributed by atoms with Crippen molar-refractivity contribution in [1.82, 2.24) is 4.57 Å². The number of hydrogen-bond donors (Lipinski definition) is 0. The van der Waals surface area contributed by atoms with Gasteiger partial charge >= 0.3 is 5.97 Å². The highest BCUT2D eigenvalue weighted by atomic mass is 16.5. The lowest BCUT2D eigenvalue weighted by Crippen LogP contribution is -2.22. The Kier molecular flexibility index (Phi) is 3.05. The largest absolute Gasteiger partial charge is 0.425 e. The highest BCUT2D eigenvalue weighted by molar-refractivity contribution is 5.96. The Bertz CT molecular complexity index is 987. The molecule has 2 heterocycles. The van der Waals surface area contributed by atoms with Crippen LogP contribution in [0.25, 0.3) is 22.0 Å². The van der Waals surface area contributed by atoms with Crippen LogP contribution in [-0.4, -0.2) is 10.5 Å². The topological polar surface area (TPSA) is 48.3 Å². The predicted octanol–water partition coefficient (Wildman–Crippen LogP) is 3.15. The van der Waals surface area contributed by atoms with Gasteiger partial charge in [-0.25, -0.2) is 0 Å². The number of carbonyl (C=O) groups is 1. The maximum atomic E-state index is 13.0. The van der Waals surface area contributed by atoms with Crippen LogP contribution in [0.3, 0.4) is 0 Å². The molecular weight excluding hydrogens is 290 g/mol. The Morgan fingerprint density at radius 1 is 1.09 bits per heavy atom. The van der Waals surface area contributed by atoms with Crippen molar-refractivity contribution in [2.24, 2.45) is 0 Å². The van der Waals surface area contributed by atoms with E-state index < -0.39 is 5.97 Å². The fourth-order valence-electron chi connectivity index (χ4n) is 3.32. The first kappa shape index (κ1) is 13.8. The van der Waals surface area contributed by atoms with Gasteiger partial charge in [0.25, 0.3) is 5.56 Å². The summed E-state index contributed by atoms with van der Waals surface area (Å²) in [6, 6.07) is 15.2. The first-order valence-corrected chi connectivity index (χ1v) is 7.59. The monoisotopic (exact) mass is 305 g/mol. The number of aryl methyl sites for hydroxylation is 2. The summed E-state index contributed by atoms with van der Waals surface area (Å²) in [6.45, 7) is 2.02. The molecule has 0 saturated carbocycles. The number of benzene rings is 2. The Morgan fingerprint density at radius 3 is 2.61 bits per heavy atom. The fraction of sp³-hybridized carbons (Fsp3) is 0.158. The number of pyridine rings is 1. The van der Waals surface area contributed by atoms with Crippen LogP contribution in [-0.2, 0) is 17.8 Å². The molecule has 0 bridgehead atoms. The molecule has 2 aromatic carbocycles. The molecule has 0 fully saturated rings. The Balaban J connectivity index is 2.16. The summed E-state index contributed by atoms with van der Waals surface area (Å²) in [7, 11) is 0. The van der Waals surface area contributed by atoms with Gasteiger partial charge in [-0.1, -0.05) is 42.5 Å². The van der Waals surface area contributed by atoms with Crippen molar-refractivity contribution >= 4 is 16.9 Å². The number of ether oxygens (including phenoxy) is 1. The highest BCUT2D eigenvalue weighted by Crippen LogP contribution is 2.37. The molecule has 0 aliphatic carbocycles. The number of hydrogen-bond acceptors (Lipinski definition) is 3. The van der Waals surface area contributed by atoms with Gasteiger partial charge in [-0.15, -0.1) is 0 Å². The zero-order chi connectivity index (χ0) is 16.0. The first-order chi connectivity index (χ1) is 11.2. The second-order valence-electron chi connectivity index (χ2n) is 5.68. The van der Waals surface area contributed by atoms with Gasteiger partial charge < -0.3 is 9.30 Å². The minimum atomic E-state index is -0.426. The van der Waals surface area contributed by atoms with E-state index in [4.69, 9.17) is 4.74 Å². The maximum absolute atomic E-state index is 13.0. The number of aromatic nitrogens is 1. The predicted molar refractivity (Wildman–Crippen MR) is 88.7 cm³/mol. The average Bonchev–Trinajstić information content (AvgIpc) is 2.98. The number of rotatable bonds is 2. The zero-order valence-electron chi connectivity index (χ0n) is 12.7. The van der Waals surface area contributed by atoms with Crippen molar-refractivity contribution < 1.29 is 9.53 Å². The third kappa shape index (κ3) is 2.06. The van der Waals surface area contributed by atoms with E-state index in [1.165, 1.54) is 6.92 Å². The van der Waals surface area contributed by atoms with E-state index in [-0.39, 0.29) is 5.56 Å². The van der Waals surface area contributed by atoms with Crippen LogP contribution >= 0.6 is 0 Å². The van der Waals surface area contributed by atoms with Crippen LogP contribution in [0.5, 0.6) is 5.75 Å². The minimum Gasteiger partial charge on any atom is -0.425 e. The van der Waals surface area contributed by atoms with Crippen LogP contribution in [0.15, 0.2) is 53.3 Å². The van der Waals surface area contributed by atoms with Crippen LogP contribution < -0.4 is 10.3 Å². The highest BCUT2D eigenvalue weighted by Gasteiger charge is 2.24. The van der Waals surface area contributed by atoms with Crippen LogP contribution in [0.4, 0.5) is 0 Å². The molecule has 0 unspecified atom stereocenters. The molecule has 4 heteroatoms. The molecule has 114 valence electrons. The normalized spacial score (nSPS) is 12.6. The Morgan fingerprint density at radius 2 is 1.87 bits per heavy atom. The van der Waals surface area contributed by atoms with Gasteiger partial charge in [-0.05, 0) is 23.6 Å². The van der Waals surface area contributed by atoms with E-state index in [9.17, 15) is 9.59 Å². The maximum Gasteiger partial charge on any atom is 0.308 e. The molecule has 0 N–H and O–H groups in total. The van der Waals surface area contributed by atoms with E-state index in [2.05, 4.69) is 0 Å². The number of esters is 1. The third-order valence-corrected chi connectivity index (χ3v) is 4.23. The van der Waals surface area contributed by atoms with Crippen molar-refractivity contribution in [1.29, 1.82) is 0 Å². The lowest BCUT2D eigenvalue weighted by Gasteiger charge is -2.14. The molecule has 1 aliphatic rings. The minimum absolute atomic E-state index is 0.107. The fourth-order valence-corrected chi connectivity index (χ4v) is 3.32. The van der Waals surface area contributed by atoms with Gasteiger partial charge in [0.1, 0.15) is 0 Å². The molecule has 1 aromatic heterocycles. The molecule has 0 radical (unpaired) electrons. The van der Waals surface area contributed by atoms with Gasteiger partial charge in [-0.3, -0.25) is 9.59 Å². The smallest absolute Gasteiger partial charge is 0.308 e. The number of carbonyl (C=O) groups excluding carboxylic acids is 1. The molecule has 0 saturated heterocycles. The summed E-state index contributed by atoms with van der Waals surface area (Å²) < 4.78 is 7.27. The van der Waals surface area contributed by atoms with Gasteiger partial charge in [0, 0.05) is 18.9 Å². The van der Waals surface area contributed by atoms with E-state index in [0.29, 0.717) is 17.9 Å². The summed E-state index contributed by atoms with van der Waals surface area (Å²) in [6.07, 6.45) is 0.824. The van der Waals surface area contributed by atoms with E-state index in [1.807, 2.05) is 48.5 Å². The molecule has 1 aliphatic heterocycles. The average molecular weight is 305 g/mol. The summed E-state index contributed by atoms with van der Waals surface area (Å²) in [5.74, 6) is -0.0611. The van der Waals surface area contributed by atoms with E-state index >= 15 is 0 Å². The Labute approximate surface area is 132 Å². The summed E-state index contributed by atoms with van der Waals surface area (Å²) in [5, 5.41) is 0.814. The lowest BCUT2D eigenvalue weighted by molar-refractivity contribution is -0.131. The van der Waals surface area contributed by atoms with E-state index in [1.54, 1.807) is 4.57 Å². The Hall–Kier alpha value is -2.88. The summed E-state index contributed by atoms with van der Waals surface area (Å²) >= 11 is 0. The van der Waals surface area contributed by atoms with Crippen molar-refractivity contribution in [2.45, 2.75) is 19.9 Å². The zero-order valence-corrected chi connectivity index (χ0v) is 12.7. The molecule has 0 amide bonds. The molecule has 0 atom stereocenters. The third-order valence-electron chi connectivity index (χ3n) is 4.23. The molecule has 23 heavy (non-hydrogen) atoms. The van der Waals surface area contributed by atoms with Crippen molar-refractivity contribution in [2.75, 3.05) is 0 Å². The van der Waals surface area contributed by atoms with Gasteiger partial charge in [0.15, 0.2) is 5.75 Å². The van der Waals surface area contributed by atoms with Gasteiger partial charge in [-0.2, -0.15) is 0 Å². The molecular formula is C19H15NO3. The van der Waals surface area contributed by atoms with Crippen molar-refractivity contribution in [3.8, 4) is 16.9 Å². The van der Waals surface area contributed by atoms with Gasteiger partial charge in [0.2, 0.25) is 0 Å². The van der Waals surface area contributed by atoms with Crippen LogP contribution in [0.2, 0.25) is 0 Å². The van der Waals surface area contributed by atoms with E-state index in [0.717, 1.165) is 28.5 Å². The molecule has 0 spiro atoms. The summed E-state index contributed by atoms with van der Waals surface area (Å²) in [4.78, 5) is 24.6. The number of nitrogens with zero attached hydrogens (tertiary/aromatic N) is 1. The quantitative estimate of drug-likeness (QED) is 0.683. The lowest BCUT2D eigenvalue weighted by atomic mass is 10.0. The molecule has 4 nitrogen and oxygen atoms in total. The van der Waals surface area contributed by atoms with Crippen molar-refractivity contribution in [3.05, 3.63) is 64.4 Å². The molecule has 3 aromatic rings.